The fraction of sp³-hybridized carbons (Fsp3) is 0.385. The molecular formula is C13H15NO2. The molecule has 0 saturated carbocycles. The Hall–Kier alpha value is -1.64. The van der Waals surface area contributed by atoms with Crippen LogP contribution in [0.1, 0.15) is 24.5 Å². The van der Waals surface area contributed by atoms with E-state index in [4.69, 9.17) is 0 Å². The van der Waals surface area contributed by atoms with Gasteiger partial charge in [-0.05, 0) is 25.5 Å². The number of imide groups is 1. The van der Waals surface area contributed by atoms with Crippen molar-refractivity contribution in [3.63, 3.8) is 0 Å². The molecule has 0 aliphatic carbocycles. The van der Waals surface area contributed by atoms with Crippen molar-refractivity contribution in [2.45, 2.75) is 27.2 Å². The van der Waals surface area contributed by atoms with Gasteiger partial charge in [0.15, 0.2) is 0 Å². The minimum Gasteiger partial charge on any atom is -0.274 e. The number of carbonyl (C=O) groups excluding carboxylic acids is 2. The van der Waals surface area contributed by atoms with Gasteiger partial charge in [-0.15, -0.1) is 0 Å². The standard InChI is InChI=1S/C13H15NO2/c1-8-4-5-11(9(2)6-8)14-12(15)7-10(3)13(14)16/h4-6,10H,7H2,1-3H3. The summed E-state index contributed by atoms with van der Waals surface area (Å²) in [6, 6.07) is 5.75. The molecule has 1 aromatic carbocycles. The van der Waals surface area contributed by atoms with E-state index in [1.54, 1.807) is 6.92 Å². The predicted molar refractivity (Wildman–Crippen MR) is 62.2 cm³/mol. The lowest BCUT2D eigenvalue weighted by Crippen LogP contribution is -2.30. The van der Waals surface area contributed by atoms with Gasteiger partial charge < -0.3 is 0 Å². The molecule has 0 bridgehead atoms. The lowest BCUT2D eigenvalue weighted by atomic mass is 10.1. The van der Waals surface area contributed by atoms with Crippen LogP contribution < -0.4 is 4.90 Å². The fourth-order valence-corrected chi connectivity index (χ4v) is 2.09. The van der Waals surface area contributed by atoms with E-state index in [-0.39, 0.29) is 17.7 Å². The van der Waals surface area contributed by atoms with Crippen LogP contribution in [0.5, 0.6) is 0 Å². The largest absolute Gasteiger partial charge is 0.274 e. The van der Waals surface area contributed by atoms with Crippen LogP contribution in [0.3, 0.4) is 0 Å². The first-order chi connectivity index (χ1) is 7.50. The molecule has 1 aliphatic heterocycles. The molecule has 1 aromatic rings. The van der Waals surface area contributed by atoms with Gasteiger partial charge in [0, 0.05) is 12.3 Å². The zero-order chi connectivity index (χ0) is 11.9. The summed E-state index contributed by atoms with van der Waals surface area (Å²) in [7, 11) is 0. The molecular weight excluding hydrogens is 202 g/mol. The van der Waals surface area contributed by atoms with Crippen molar-refractivity contribution >= 4 is 17.5 Å². The lowest BCUT2D eigenvalue weighted by molar-refractivity contribution is -0.122. The second kappa shape index (κ2) is 3.74. The highest BCUT2D eigenvalue weighted by Crippen LogP contribution is 2.29. The van der Waals surface area contributed by atoms with E-state index in [1.165, 1.54) is 4.90 Å². The van der Waals surface area contributed by atoms with Gasteiger partial charge in [-0.3, -0.25) is 14.5 Å². The average molecular weight is 217 g/mol. The Morgan fingerprint density at radius 2 is 1.94 bits per heavy atom. The smallest absolute Gasteiger partial charge is 0.237 e. The normalized spacial score (nSPS) is 20.7. The first-order valence-electron chi connectivity index (χ1n) is 5.44. The second-order valence-electron chi connectivity index (χ2n) is 4.46. The maximum atomic E-state index is 11.9. The Bertz CT molecular complexity index is 465. The van der Waals surface area contributed by atoms with Crippen molar-refractivity contribution in [1.29, 1.82) is 0 Å². The molecule has 3 nitrogen and oxygen atoms in total. The molecule has 1 fully saturated rings. The van der Waals surface area contributed by atoms with Crippen molar-refractivity contribution in [2.24, 2.45) is 5.92 Å². The summed E-state index contributed by atoms with van der Waals surface area (Å²) < 4.78 is 0. The summed E-state index contributed by atoms with van der Waals surface area (Å²) in [5.41, 5.74) is 2.83. The number of hydrogen-bond acceptors (Lipinski definition) is 2. The Kier molecular flexibility index (Phi) is 2.54. The van der Waals surface area contributed by atoms with Crippen LogP contribution in [0.2, 0.25) is 0 Å². The van der Waals surface area contributed by atoms with Gasteiger partial charge in [0.05, 0.1) is 5.69 Å². The molecule has 0 spiro atoms. The van der Waals surface area contributed by atoms with Gasteiger partial charge >= 0.3 is 0 Å². The molecule has 1 aliphatic rings. The molecule has 1 heterocycles. The minimum atomic E-state index is -0.187. The van der Waals surface area contributed by atoms with E-state index < -0.39 is 0 Å². The Labute approximate surface area is 95.1 Å². The molecule has 2 amide bonds. The maximum Gasteiger partial charge on any atom is 0.237 e. The highest BCUT2D eigenvalue weighted by atomic mass is 16.2. The summed E-state index contributed by atoms with van der Waals surface area (Å²) in [4.78, 5) is 24.9. The molecule has 1 saturated heterocycles. The van der Waals surface area contributed by atoms with E-state index in [0.717, 1.165) is 16.8 Å². The number of amides is 2. The number of anilines is 1. The van der Waals surface area contributed by atoms with Crippen LogP contribution in [-0.4, -0.2) is 11.8 Å². The first kappa shape index (κ1) is 10.9. The third-order valence-corrected chi connectivity index (χ3v) is 2.97. The molecule has 0 N–H and O–H groups in total. The van der Waals surface area contributed by atoms with Crippen molar-refractivity contribution in [1.82, 2.24) is 0 Å². The zero-order valence-corrected chi connectivity index (χ0v) is 9.78. The van der Waals surface area contributed by atoms with Crippen molar-refractivity contribution < 1.29 is 9.59 Å². The predicted octanol–water partition coefficient (Wildman–Crippen LogP) is 2.20. The summed E-state index contributed by atoms with van der Waals surface area (Å²) in [6.45, 7) is 5.71. The van der Waals surface area contributed by atoms with Crippen LogP contribution >= 0.6 is 0 Å². The van der Waals surface area contributed by atoms with Gasteiger partial charge in [-0.25, -0.2) is 0 Å². The summed E-state index contributed by atoms with van der Waals surface area (Å²) in [5, 5.41) is 0. The highest BCUT2D eigenvalue weighted by Gasteiger charge is 2.37. The van der Waals surface area contributed by atoms with Crippen LogP contribution in [0.15, 0.2) is 18.2 Å². The van der Waals surface area contributed by atoms with Gasteiger partial charge in [-0.2, -0.15) is 0 Å². The average Bonchev–Trinajstić information content (AvgIpc) is 2.43. The number of carbonyl (C=O) groups is 2. The van der Waals surface area contributed by atoms with Crippen LogP contribution in [0.25, 0.3) is 0 Å². The number of nitrogens with zero attached hydrogens (tertiary/aromatic N) is 1. The lowest BCUT2D eigenvalue weighted by Gasteiger charge is -2.17. The highest BCUT2D eigenvalue weighted by molar-refractivity contribution is 6.21. The molecule has 84 valence electrons. The van der Waals surface area contributed by atoms with Gasteiger partial charge in [0.1, 0.15) is 0 Å². The fourth-order valence-electron chi connectivity index (χ4n) is 2.09. The van der Waals surface area contributed by atoms with Crippen LogP contribution in [0.4, 0.5) is 5.69 Å². The summed E-state index contributed by atoms with van der Waals surface area (Å²) in [5.74, 6) is -0.366. The molecule has 0 radical (unpaired) electrons. The van der Waals surface area contributed by atoms with E-state index in [0.29, 0.717) is 6.42 Å². The number of rotatable bonds is 1. The molecule has 16 heavy (non-hydrogen) atoms. The van der Waals surface area contributed by atoms with Gasteiger partial charge in [0.2, 0.25) is 11.8 Å². The maximum absolute atomic E-state index is 11.9. The van der Waals surface area contributed by atoms with E-state index in [1.807, 2.05) is 32.0 Å². The first-order valence-corrected chi connectivity index (χ1v) is 5.44. The number of aryl methyl sites for hydroxylation is 2. The SMILES string of the molecule is Cc1ccc(N2C(=O)CC(C)C2=O)c(C)c1. The summed E-state index contributed by atoms with van der Waals surface area (Å²) in [6.07, 6.45) is 0.326. The van der Waals surface area contributed by atoms with Crippen molar-refractivity contribution in [3.8, 4) is 0 Å². The zero-order valence-electron chi connectivity index (χ0n) is 9.78. The molecule has 3 heteroatoms. The Morgan fingerprint density at radius 3 is 2.44 bits per heavy atom. The monoisotopic (exact) mass is 217 g/mol. The molecule has 0 aromatic heterocycles. The molecule has 2 rings (SSSR count). The third kappa shape index (κ3) is 1.62. The minimum absolute atomic E-state index is 0.0862. The van der Waals surface area contributed by atoms with Gasteiger partial charge in [-0.1, -0.05) is 24.6 Å². The van der Waals surface area contributed by atoms with E-state index in [2.05, 4.69) is 0 Å². The summed E-state index contributed by atoms with van der Waals surface area (Å²) >= 11 is 0. The Balaban J connectivity index is 2.45. The number of benzene rings is 1. The number of hydrogen-bond donors (Lipinski definition) is 0. The quantitative estimate of drug-likeness (QED) is 0.676. The van der Waals surface area contributed by atoms with Crippen LogP contribution in [0, 0.1) is 19.8 Å². The van der Waals surface area contributed by atoms with Gasteiger partial charge in [0.25, 0.3) is 0 Å². The second-order valence-corrected chi connectivity index (χ2v) is 4.46. The topological polar surface area (TPSA) is 37.4 Å². The van der Waals surface area contributed by atoms with Crippen molar-refractivity contribution in [3.05, 3.63) is 29.3 Å². The van der Waals surface area contributed by atoms with E-state index >= 15 is 0 Å². The van der Waals surface area contributed by atoms with E-state index in [9.17, 15) is 9.59 Å². The van der Waals surface area contributed by atoms with Crippen molar-refractivity contribution in [2.75, 3.05) is 4.90 Å². The third-order valence-electron chi connectivity index (χ3n) is 2.97. The Morgan fingerprint density at radius 1 is 1.25 bits per heavy atom. The molecule has 1 unspecified atom stereocenters. The molecule has 1 atom stereocenters. The van der Waals surface area contributed by atoms with Crippen LogP contribution in [-0.2, 0) is 9.59 Å².